The number of halogens is 2. The number of ketones is 1. The van der Waals surface area contributed by atoms with E-state index < -0.39 is 6.04 Å². The topological polar surface area (TPSA) is 56.0 Å². The summed E-state index contributed by atoms with van der Waals surface area (Å²) >= 11 is 3.22. The molecule has 5 heteroatoms. The minimum absolute atomic E-state index is 0.256. The zero-order valence-corrected chi connectivity index (χ0v) is 10.9. The molecule has 0 aliphatic heterocycles. The van der Waals surface area contributed by atoms with Crippen LogP contribution in [0.1, 0.15) is 22.0 Å². The monoisotopic (exact) mass is 308 g/mol. The largest absolute Gasteiger partial charge is 0.318 e. The number of aromatic nitrogens is 1. The lowest BCUT2D eigenvalue weighted by molar-refractivity contribution is 0.0961. The number of pyridine rings is 1. The summed E-state index contributed by atoms with van der Waals surface area (Å²) in [5.41, 5.74) is 6.93. The molecule has 0 radical (unpaired) electrons. The number of carbonyl (C=O) groups is 1. The molecule has 0 aliphatic rings. The molecule has 0 saturated heterocycles. The lowest BCUT2D eigenvalue weighted by Gasteiger charge is -2.11. The standard InChI is InChI=1S/C13H10BrFN2O/c14-11-7-9(5-6-17-11)12(16)13(18)8-1-3-10(15)4-2-8/h1-7,12H,16H2. The van der Waals surface area contributed by atoms with E-state index in [-0.39, 0.29) is 11.6 Å². The first-order valence-corrected chi connectivity index (χ1v) is 6.04. The Kier molecular flexibility index (Phi) is 3.84. The van der Waals surface area contributed by atoms with E-state index in [4.69, 9.17) is 5.73 Å². The van der Waals surface area contributed by atoms with E-state index in [2.05, 4.69) is 20.9 Å². The lowest BCUT2D eigenvalue weighted by Crippen LogP contribution is -2.21. The Labute approximate surface area is 112 Å². The molecule has 0 spiro atoms. The van der Waals surface area contributed by atoms with Gasteiger partial charge in [0.05, 0.1) is 6.04 Å². The summed E-state index contributed by atoms with van der Waals surface area (Å²) in [6, 6.07) is 7.91. The molecule has 1 aromatic heterocycles. The normalized spacial score (nSPS) is 12.2. The number of benzene rings is 1. The van der Waals surface area contributed by atoms with Gasteiger partial charge in [-0.2, -0.15) is 0 Å². The predicted octanol–water partition coefficient (Wildman–Crippen LogP) is 2.87. The van der Waals surface area contributed by atoms with Crippen LogP contribution in [-0.2, 0) is 0 Å². The van der Waals surface area contributed by atoms with E-state index in [0.29, 0.717) is 15.7 Å². The molecule has 2 aromatic rings. The average Bonchev–Trinajstić information content (AvgIpc) is 2.38. The fourth-order valence-electron chi connectivity index (χ4n) is 1.56. The Morgan fingerprint density at radius 2 is 1.94 bits per heavy atom. The van der Waals surface area contributed by atoms with Gasteiger partial charge in [0.15, 0.2) is 5.78 Å². The molecule has 92 valence electrons. The van der Waals surface area contributed by atoms with Gasteiger partial charge in [-0.25, -0.2) is 9.37 Å². The highest BCUT2D eigenvalue weighted by Crippen LogP contribution is 2.18. The van der Waals surface area contributed by atoms with Crippen LogP contribution < -0.4 is 5.73 Å². The van der Waals surface area contributed by atoms with E-state index in [1.165, 1.54) is 24.3 Å². The van der Waals surface area contributed by atoms with Crippen molar-refractivity contribution >= 4 is 21.7 Å². The third-order valence-corrected chi connectivity index (χ3v) is 2.95. The number of rotatable bonds is 3. The third kappa shape index (κ3) is 2.80. The molecular formula is C13H10BrFN2O. The number of nitrogens with zero attached hydrogens (tertiary/aromatic N) is 1. The predicted molar refractivity (Wildman–Crippen MR) is 69.6 cm³/mol. The molecule has 0 bridgehead atoms. The van der Waals surface area contributed by atoms with Gasteiger partial charge in [-0.1, -0.05) is 0 Å². The summed E-state index contributed by atoms with van der Waals surface area (Å²) < 4.78 is 13.4. The van der Waals surface area contributed by atoms with Gasteiger partial charge in [0, 0.05) is 11.8 Å². The van der Waals surface area contributed by atoms with Gasteiger partial charge in [0.1, 0.15) is 10.4 Å². The van der Waals surface area contributed by atoms with Gasteiger partial charge in [0.2, 0.25) is 0 Å². The minimum Gasteiger partial charge on any atom is -0.318 e. The van der Waals surface area contributed by atoms with E-state index >= 15 is 0 Å². The molecule has 1 atom stereocenters. The van der Waals surface area contributed by atoms with Gasteiger partial charge in [0.25, 0.3) is 0 Å². The molecule has 2 rings (SSSR count). The third-order valence-electron chi connectivity index (χ3n) is 2.52. The van der Waals surface area contributed by atoms with Crippen LogP contribution in [0.5, 0.6) is 0 Å². The van der Waals surface area contributed by atoms with Gasteiger partial charge in [-0.3, -0.25) is 4.79 Å². The second-order valence-electron chi connectivity index (χ2n) is 3.76. The number of hydrogen-bond donors (Lipinski definition) is 1. The zero-order valence-electron chi connectivity index (χ0n) is 9.31. The van der Waals surface area contributed by atoms with Crippen molar-refractivity contribution in [2.75, 3.05) is 0 Å². The Morgan fingerprint density at radius 3 is 2.56 bits per heavy atom. The van der Waals surface area contributed by atoms with Crippen molar-refractivity contribution in [3.63, 3.8) is 0 Å². The van der Waals surface area contributed by atoms with Crippen molar-refractivity contribution < 1.29 is 9.18 Å². The van der Waals surface area contributed by atoms with Crippen LogP contribution in [0.15, 0.2) is 47.2 Å². The Balaban J connectivity index is 2.26. The van der Waals surface area contributed by atoms with Crippen molar-refractivity contribution in [3.05, 3.63) is 64.1 Å². The maximum absolute atomic E-state index is 12.8. The Morgan fingerprint density at radius 1 is 1.28 bits per heavy atom. The van der Waals surface area contributed by atoms with Crippen LogP contribution in [0.2, 0.25) is 0 Å². The van der Waals surface area contributed by atoms with Crippen molar-refractivity contribution in [2.45, 2.75) is 6.04 Å². The Hall–Kier alpha value is -1.59. The van der Waals surface area contributed by atoms with Gasteiger partial charge >= 0.3 is 0 Å². The van der Waals surface area contributed by atoms with Crippen LogP contribution in [0.4, 0.5) is 4.39 Å². The number of Topliss-reactive ketones (excluding diaryl/α,β-unsaturated/α-hetero) is 1. The van der Waals surface area contributed by atoms with E-state index in [1.54, 1.807) is 18.3 Å². The second-order valence-corrected chi connectivity index (χ2v) is 4.57. The van der Waals surface area contributed by atoms with Crippen LogP contribution in [0.3, 0.4) is 0 Å². The molecule has 0 fully saturated rings. The maximum Gasteiger partial charge on any atom is 0.184 e. The zero-order chi connectivity index (χ0) is 13.1. The van der Waals surface area contributed by atoms with Crippen LogP contribution in [0, 0.1) is 5.82 Å². The Bertz CT molecular complexity index is 571. The van der Waals surface area contributed by atoms with E-state index in [9.17, 15) is 9.18 Å². The summed E-state index contributed by atoms with van der Waals surface area (Å²) in [6.45, 7) is 0. The molecule has 1 aromatic carbocycles. The van der Waals surface area contributed by atoms with Crippen molar-refractivity contribution in [1.82, 2.24) is 4.98 Å². The van der Waals surface area contributed by atoms with Crippen LogP contribution >= 0.6 is 15.9 Å². The SMILES string of the molecule is NC(C(=O)c1ccc(F)cc1)c1ccnc(Br)c1. The minimum atomic E-state index is -0.783. The first kappa shape index (κ1) is 12.9. The highest BCUT2D eigenvalue weighted by atomic mass is 79.9. The molecule has 0 amide bonds. The molecule has 0 saturated carbocycles. The fraction of sp³-hybridized carbons (Fsp3) is 0.0769. The summed E-state index contributed by atoms with van der Waals surface area (Å²) in [4.78, 5) is 16.1. The lowest BCUT2D eigenvalue weighted by atomic mass is 9.99. The quantitative estimate of drug-likeness (QED) is 0.700. The van der Waals surface area contributed by atoms with Gasteiger partial charge in [-0.15, -0.1) is 0 Å². The van der Waals surface area contributed by atoms with Crippen LogP contribution in [-0.4, -0.2) is 10.8 Å². The number of carbonyl (C=O) groups excluding carboxylic acids is 1. The molecule has 2 N–H and O–H groups in total. The number of nitrogens with two attached hydrogens (primary N) is 1. The molecule has 0 aliphatic carbocycles. The molecule has 1 unspecified atom stereocenters. The van der Waals surface area contributed by atoms with Gasteiger partial charge in [-0.05, 0) is 57.9 Å². The highest BCUT2D eigenvalue weighted by Gasteiger charge is 2.18. The average molecular weight is 309 g/mol. The summed E-state index contributed by atoms with van der Waals surface area (Å²) in [5.74, 6) is -0.639. The van der Waals surface area contributed by atoms with E-state index in [0.717, 1.165) is 0 Å². The van der Waals surface area contributed by atoms with Crippen molar-refractivity contribution in [1.29, 1.82) is 0 Å². The molecule has 1 heterocycles. The first-order valence-electron chi connectivity index (χ1n) is 5.25. The fourth-order valence-corrected chi connectivity index (χ4v) is 1.94. The molecule has 18 heavy (non-hydrogen) atoms. The van der Waals surface area contributed by atoms with Crippen molar-refractivity contribution in [3.8, 4) is 0 Å². The maximum atomic E-state index is 12.8. The second kappa shape index (κ2) is 5.37. The summed E-state index contributed by atoms with van der Waals surface area (Å²) in [5, 5.41) is 0. The van der Waals surface area contributed by atoms with Gasteiger partial charge < -0.3 is 5.73 Å². The summed E-state index contributed by atoms with van der Waals surface area (Å²) in [7, 11) is 0. The van der Waals surface area contributed by atoms with E-state index in [1.807, 2.05) is 0 Å². The smallest absolute Gasteiger partial charge is 0.184 e. The summed E-state index contributed by atoms with van der Waals surface area (Å²) in [6.07, 6.45) is 1.57. The first-order chi connectivity index (χ1) is 8.58. The highest BCUT2D eigenvalue weighted by molar-refractivity contribution is 9.10. The number of hydrogen-bond acceptors (Lipinski definition) is 3. The van der Waals surface area contributed by atoms with Crippen LogP contribution in [0.25, 0.3) is 0 Å². The molecular weight excluding hydrogens is 299 g/mol. The van der Waals surface area contributed by atoms with Crippen molar-refractivity contribution in [2.24, 2.45) is 5.73 Å². The molecule has 3 nitrogen and oxygen atoms in total.